The van der Waals surface area contributed by atoms with Crippen molar-refractivity contribution >= 4 is 29.3 Å². The maximum Gasteiger partial charge on any atom is 0.325 e. The van der Waals surface area contributed by atoms with Gasteiger partial charge in [-0.2, -0.15) is 0 Å². The molecule has 2 aromatic carbocycles. The van der Waals surface area contributed by atoms with Crippen molar-refractivity contribution in [1.82, 2.24) is 10.2 Å². The van der Waals surface area contributed by atoms with Gasteiger partial charge in [0.25, 0.3) is 11.8 Å². The number of halogens is 2. The minimum absolute atomic E-state index is 0.130. The number of rotatable bonds is 4. The second-order valence-electron chi connectivity index (χ2n) is 7.04. The van der Waals surface area contributed by atoms with E-state index in [0.717, 1.165) is 12.1 Å². The highest BCUT2D eigenvalue weighted by Crippen LogP contribution is 2.35. The summed E-state index contributed by atoms with van der Waals surface area (Å²) in [7, 11) is 0. The van der Waals surface area contributed by atoms with Crippen LogP contribution in [0.5, 0.6) is 5.75 Å². The second kappa shape index (κ2) is 6.90. The van der Waals surface area contributed by atoms with E-state index in [1.165, 1.54) is 13.0 Å². The molecule has 0 saturated carbocycles. The first-order valence-electron chi connectivity index (χ1n) is 8.88. The summed E-state index contributed by atoms with van der Waals surface area (Å²) < 4.78 is 32.2. The predicted octanol–water partition coefficient (Wildman–Crippen LogP) is 1.95. The fraction of sp³-hybridized carbons (Fsp3) is 0.200. The van der Waals surface area contributed by atoms with Crippen LogP contribution >= 0.6 is 0 Å². The van der Waals surface area contributed by atoms with Gasteiger partial charge in [0.2, 0.25) is 0 Å². The van der Waals surface area contributed by atoms with Gasteiger partial charge >= 0.3 is 6.03 Å². The van der Waals surface area contributed by atoms with Gasteiger partial charge in [-0.25, -0.2) is 13.6 Å². The van der Waals surface area contributed by atoms with E-state index in [9.17, 15) is 28.0 Å². The molecule has 154 valence electrons. The number of benzene rings is 2. The van der Waals surface area contributed by atoms with Crippen LogP contribution in [0.3, 0.4) is 0 Å². The fourth-order valence-electron chi connectivity index (χ4n) is 3.37. The van der Waals surface area contributed by atoms with E-state index >= 15 is 0 Å². The molecule has 4 amide bonds. The van der Waals surface area contributed by atoms with Gasteiger partial charge in [0.15, 0.2) is 12.4 Å². The highest BCUT2D eigenvalue weighted by molar-refractivity contribution is 6.11. The van der Waals surface area contributed by atoms with Gasteiger partial charge in [-0.05, 0) is 36.8 Å². The molecule has 0 aliphatic carbocycles. The molecule has 4 rings (SSSR count). The van der Waals surface area contributed by atoms with Crippen molar-refractivity contribution in [3.05, 3.63) is 59.2 Å². The number of fused-ring (bicyclic) bond motifs is 1. The molecule has 8 nitrogen and oxygen atoms in total. The Kier molecular flexibility index (Phi) is 4.49. The molecule has 0 radical (unpaired) electrons. The Bertz CT molecular complexity index is 1120. The van der Waals surface area contributed by atoms with Crippen LogP contribution < -0.4 is 15.4 Å². The topological polar surface area (TPSA) is 105 Å². The van der Waals surface area contributed by atoms with Crippen LogP contribution in [0.15, 0.2) is 36.4 Å². The lowest BCUT2D eigenvalue weighted by molar-refractivity contribution is -0.130. The van der Waals surface area contributed by atoms with Crippen molar-refractivity contribution in [1.29, 1.82) is 0 Å². The number of ketones is 1. The van der Waals surface area contributed by atoms with Gasteiger partial charge < -0.3 is 15.4 Å². The first-order valence-corrected chi connectivity index (χ1v) is 8.88. The van der Waals surface area contributed by atoms with Gasteiger partial charge in [0, 0.05) is 6.07 Å². The molecule has 1 fully saturated rings. The van der Waals surface area contributed by atoms with E-state index in [0.29, 0.717) is 28.0 Å². The highest BCUT2D eigenvalue weighted by Gasteiger charge is 2.49. The zero-order chi connectivity index (χ0) is 21.6. The zero-order valence-electron chi connectivity index (χ0n) is 15.6. The molecular formula is C20H15F2N3O5. The predicted molar refractivity (Wildman–Crippen MR) is 98.9 cm³/mol. The fourth-order valence-corrected chi connectivity index (χ4v) is 3.37. The van der Waals surface area contributed by atoms with Gasteiger partial charge in [0.1, 0.15) is 22.9 Å². The molecule has 1 unspecified atom stereocenters. The molecule has 0 bridgehead atoms. The number of carbonyl (C=O) groups excluding carboxylic acids is 4. The van der Waals surface area contributed by atoms with Crippen LogP contribution in [0.4, 0.5) is 19.3 Å². The van der Waals surface area contributed by atoms with Crippen LogP contribution in [0.1, 0.15) is 22.8 Å². The molecule has 2 aromatic rings. The summed E-state index contributed by atoms with van der Waals surface area (Å²) in [6, 6.07) is 6.18. The average Bonchev–Trinajstić information content (AvgIpc) is 2.91. The number of anilines is 1. The molecule has 2 heterocycles. The molecule has 2 aliphatic rings. The third-order valence-electron chi connectivity index (χ3n) is 5.00. The van der Waals surface area contributed by atoms with Crippen LogP contribution in [0.25, 0.3) is 0 Å². The van der Waals surface area contributed by atoms with Crippen molar-refractivity contribution in [3.63, 3.8) is 0 Å². The maximum atomic E-state index is 13.9. The van der Waals surface area contributed by atoms with Gasteiger partial charge in [-0.1, -0.05) is 6.07 Å². The third kappa shape index (κ3) is 3.15. The average molecular weight is 415 g/mol. The minimum Gasteiger partial charge on any atom is -0.482 e. The summed E-state index contributed by atoms with van der Waals surface area (Å²) in [6.45, 7) is 0.603. The van der Waals surface area contributed by atoms with E-state index < -0.39 is 47.0 Å². The molecular weight excluding hydrogens is 400 g/mol. The summed E-state index contributed by atoms with van der Waals surface area (Å²) in [5.74, 6) is -3.47. The van der Waals surface area contributed by atoms with E-state index in [4.69, 9.17) is 4.74 Å². The maximum absolute atomic E-state index is 13.9. The molecule has 0 spiro atoms. The number of nitrogens with one attached hydrogen (secondary N) is 2. The number of nitrogens with zero attached hydrogens (tertiary/aromatic N) is 1. The number of ether oxygens (including phenoxy) is 1. The van der Waals surface area contributed by atoms with Crippen LogP contribution in [-0.4, -0.2) is 41.7 Å². The SMILES string of the molecule is CC1(c2ccc3c(c2)NC(=O)CO3)NC(=O)N(CC(=O)c2ccc(F)cc2F)C1=O. The number of imide groups is 1. The Morgan fingerprint density at radius 2 is 1.93 bits per heavy atom. The monoisotopic (exact) mass is 415 g/mol. The molecule has 2 N–H and O–H groups in total. The summed E-state index contributed by atoms with van der Waals surface area (Å²) in [5.41, 5.74) is -1.25. The third-order valence-corrected chi connectivity index (χ3v) is 5.00. The summed E-state index contributed by atoms with van der Waals surface area (Å²) in [4.78, 5) is 50.0. The van der Waals surface area contributed by atoms with Crippen molar-refractivity contribution < 1.29 is 32.7 Å². The van der Waals surface area contributed by atoms with Gasteiger partial charge in [-0.15, -0.1) is 0 Å². The summed E-state index contributed by atoms with van der Waals surface area (Å²) >= 11 is 0. The van der Waals surface area contributed by atoms with Gasteiger partial charge in [0.05, 0.1) is 17.8 Å². The first-order chi connectivity index (χ1) is 14.2. The highest BCUT2D eigenvalue weighted by atomic mass is 19.1. The van der Waals surface area contributed by atoms with Crippen LogP contribution in [0.2, 0.25) is 0 Å². The van der Waals surface area contributed by atoms with Crippen molar-refractivity contribution in [2.24, 2.45) is 0 Å². The Balaban J connectivity index is 1.60. The normalized spacial score (nSPS) is 20.4. The van der Waals surface area contributed by atoms with E-state index in [2.05, 4.69) is 10.6 Å². The van der Waals surface area contributed by atoms with Crippen molar-refractivity contribution in [2.45, 2.75) is 12.5 Å². The lowest BCUT2D eigenvalue weighted by Gasteiger charge is -2.25. The number of Topliss-reactive ketones (excluding diaryl/α,β-unsaturated/α-hetero) is 1. The lowest BCUT2D eigenvalue weighted by atomic mass is 9.91. The molecule has 1 atom stereocenters. The minimum atomic E-state index is -1.52. The quantitative estimate of drug-likeness (QED) is 0.587. The summed E-state index contributed by atoms with van der Waals surface area (Å²) in [6.07, 6.45) is 0. The molecule has 2 aliphatic heterocycles. The molecule has 10 heteroatoms. The first kappa shape index (κ1) is 19.5. The zero-order valence-corrected chi connectivity index (χ0v) is 15.6. The van der Waals surface area contributed by atoms with E-state index in [1.807, 2.05) is 0 Å². The van der Waals surface area contributed by atoms with E-state index in [-0.39, 0.29) is 12.5 Å². The van der Waals surface area contributed by atoms with Gasteiger partial charge in [-0.3, -0.25) is 19.3 Å². The van der Waals surface area contributed by atoms with E-state index in [1.54, 1.807) is 12.1 Å². The Morgan fingerprint density at radius 3 is 2.67 bits per heavy atom. The van der Waals surface area contributed by atoms with Crippen molar-refractivity contribution in [3.8, 4) is 5.75 Å². The Labute approximate surface area is 168 Å². The Hall–Kier alpha value is -3.82. The molecule has 1 saturated heterocycles. The number of hydrogen-bond acceptors (Lipinski definition) is 5. The summed E-state index contributed by atoms with van der Waals surface area (Å²) in [5, 5.41) is 5.14. The number of amides is 4. The van der Waals surface area contributed by atoms with Crippen LogP contribution in [-0.2, 0) is 15.1 Å². The smallest absolute Gasteiger partial charge is 0.325 e. The number of urea groups is 1. The molecule has 0 aromatic heterocycles. The Morgan fingerprint density at radius 1 is 1.17 bits per heavy atom. The number of hydrogen-bond donors (Lipinski definition) is 2. The lowest BCUT2D eigenvalue weighted by Crippen LogP contribution is -2.41. The van der Waals surface area contributed by atoms with Crippen LogP contribution in [0, 0.1) is 11.6 Å². The molecule has 30 heavy (non-hydrogen) atoms. The second-order valence-corrected chi connectivity index (χ2v) is 7.04. The van der Waals surface area contributed by atoms with Crippen molar-refractivity contribution in [2.75, 3.05) is 18.5 Å². The largest absolute Gasteiger partial charge is 0.482 e. The standard InChI is InChI=1S/C20H15F2N3O5/c1-20(10-2-5-16-14(6-10)23-17(27)9-30-16)18(28)25(19(29)24-20)8-15(26)12-4-3-11(21)7-13(12)22/h2-7H,8-9H2,1H3,(H,23,27)(H,24,29). The number of carbonyl (C=O) groups is 4.